The Labute approximate surface area is 100 Å². The highest BCUT2D eigenvalue weighted by Crippen LogP contribution is 1.97. The Bertz CT molecular complexity index is 306. The number of urea groups is 1. The molecule has 0 aromatic rings. The maximum absolute atomic E-state index is 11.6. The molecule has 0 aromatic carbocycles. The van der Waals surface area contributed by atoms with Crippen molar-refractivity contribution in [3.05, 3.63) is 0 Å². The van der Waals surface area contributed by atoms with E-state index in [9.17, 15) is 14.4 Å². The lowest BCUT2D eigenvalue weighted by molar-refractivity contribution is -0.141. The monoisotopic (exact) mass is 245 g/mol. The second kappa shape index (κ2) is 6.72. The molecular formula is C10H19N3O4. The zero-order valence-electron chi connectivity index (χ0n) is 10.5. The summed E-state index contributed by atoms with van der Waals surface area (Å²) in [5.41, 5.74) is 0. The molecular weight excluding hydrogens is 226 g/mol. The third kappa shape index (κ3) is 4.71. The van der Waals surface area contributed by atoms with Crippen LogP contribution in [0.25, 0.3) is 0 Å². The molecule has 0 saturated heterocycles. The van der Waals surface area contributed by atoms with Gasteiger partial charge >= 0.3 is 12.0 Å². The Morgan fingerprint density at radius 2 is 1.82 bits per heavy atom. The molecule has 17 heavy (non-hydrogen) atoms. The molecule has 2 atom stereocenters. The molecule has 0 radical (unpaired) electrons. The number of carboxylic acid groups (broad SMARTS) is 1. The van der Waals surface area contributed by atoms with Gasteiger partial charge in [0, 0.05) is 13.6 Å². The zero-order chi connectivity index (χ0) is 13.6. The summed E-state index contributed by atoms with van der Waals surface area (Å²) >= 11 is 0. The van der Waals surface area contributed by atoms with Crippen molar-refractivity contribution < 1.29 is 19.5 Å². The number of amides is 3. The molecule has 0 aliphatic carbocycles. The maximum atomic E-state index is 11.6. The lowest BCUT2D eigenvalue weighted by Gasteiger charge is -2.23. The predicted molar refractivity (Wildman–Crippen MR) is 61.5 cm³/mol. The van der Waals surface area contributed by atoms with Crippen LogP contribution >= 0.6 is 0 Å². The average Bonchev–Trinajstić information content (AvgIpc) is 2.26. The second-order valence-electron chi connectivity index (χ2n) is 3.69. The number of carbonyl (C=O) groups is 3. The van der Waals surface area contributed by atoms with Crippen LogP contribution in [-0.4, -0.2) is 53.6 Å². The Kier molecular flexibility index (Phi) is 6.01. The fourth-order valence-corrected chi connectivity index (χ4v) is 1.02. The van der Waals surface area contributed by atoms with Gasteiger partial charge in [-0.1, -0.05) is 0 Å². The number of aliphatic carboxylic acids is 1. The average molecular weight is 245 g/mol. The molecule has 7 heteroatoms. The molecule has 0 saturated carbocycles. The lowest BCUT2D eigenvalue weighted by atomic mass is 10.3. The van der Waals surface area contributed by atoms with Crippen LogP contribution in [0.5, 0.6) is 0 Å². The quantitative estimate of drug-likeness (QED) is 0.615. The Hall–Kier alpha value is -1.79. The summed E-state index contributed by atoms with van der Waals surface area (Å²) in [6, 6.07) is -2.25. The van der Waals surface area contributed by atoms with Crippen molar-refractivity contribution in [1.29, 1.82) is 0 Å². The SMILES string of the molecule is CCNC(=O)C(C)NC(=O)N(C)C(C)C(=O)O. The third-order valence-electron chi connectivity index (χ3n) is 2.34. The molecule has 0 bridgehead atoms. The molecule has 0 aliphatic heterocycles. The van der Waals surface area contributed by atoms with Gasteiger partial charge < -0.3 is 20.6 Å². The highest BCUT2D eigenvalue weighted by molar-refractivity contribution is 5.88. The van der Waals surface area contributed by atoms with E-state index < -0.39 is 24.1 Å². The van der Waals surface area contributed by atoms with Gasteiger partial charge in [0.15, 0.2) is 0 Å². The number of carboxylic acids is 1. The van der Waals surface area contributed by atoms with Gasteiger partial charge in [-0.15, -0.1) is 0 Å². The van der Waals surface area contributed by atoms with E-state index in [0.29, 0.717) is 6.54 Å². The number of nitrogens with one attached hydrogen (secondary N) is 2. The van der Waals surface area contributed by atoms with Crippen LogP contribution in [0.2, 0.25) is 0 Å². The second-order valence-corrected chi connectivity index (χ2v) is 3.69. The van der Waals surface area contributed by atoms with Crippen LogP contribution in [0.4, 0.5) is 4.79 Å². The van der Waals surface area contributed by atoms with Crippen molar-refractivity contribution in [2.75, 3.05) is 13.6 Å². The maximum Gasteiger partial charge on any atom is 0.326 e. The first-order valence-electron chi connectivity index (χ1n) is 5.35. The van der Waals surface area contributed by atoms with E-state index in [0.717, 1.165) is 4.90 Å². The number of hydrogen-bond donors (Lipinski definition) is 3. The first-order chi connectivity index (χ1) is 7.81. The van der Waals surface area contributed by atoms with Crippen LogP contribution in [-0.2, 0) is 9.59 Å². The van der Waals surface area contributed by atoms with E-state index in [-0.39, 0.29) is 5.91 Å². The number of hydrogen-bond acceptors (Lipinski definition) is 3. The van der Waals surface area contributed by atoms with E-state index in [4.69, 9.17) is 5.11 Å². The topological polar surface area (TPSA) is 98.7 Å². The van der Waals surface area contributed by atoms with Gasteiger partial charge in [-0.3, -0.25) is 4.79 Å². The minimum atomic E-state index is -1.10. The fourth-order valence-electron chi connectivity index (χ4n) is 1.02. The molecule has 7 nitrogen and oxygen atoms in total. The summed E-state index contributed by atoms with van der Waals surface area (Å²) in [5, 5.41) is 13.7. The van der Waals surface area contributed by atoms with Gasteiger partial charge in [0.2, 0.25) is 5.91 Å². The van der Waals surface area contributed by atoms with E-state index in [1.807, 2.05) is 0 Å². The number of nitrogens with zero attached hydrogens (tertiary/aromatic N) is 1. The lowest BCUT2D eigenvalue weighted by Crippen LogP contribution is -2.52. The molecule has 0 spiro atoms. The normalized spacial score (nSPS) is 13.4. The Morgan fingerprint density at radius 3 is 2.24 bits per heavy atom. The Balaban J connectivity index is 4.34. The van der Waals surface area contributed by atoms with Crippen LogP contribution < -0.4 is 10.6 Å². The zero-order valence-corrected chi connectivity index (χ0v) is 10.5. The molecule has 0 fully saturated rings. The van der Waals surface area contributed by atoms with E-state index in [1.165, 1.54) is 20.9 Å². The minimum Gasteiger partial charge on any atom is -0.480 e. The van der Waals surface area contributed by atoms with Crippen molar-refractivity contribution in [3.8, 4) is 0 Å². The van der Waals surface area contributed by atoms with Crippen LogP contribution in [0.1, 0.15) is 20.8 Å². The fraction of sp³-hybridized carbons (Fsp3) is 0.700. The molecule has 0 aromatic heterocycles. The van der Waals surface area contributed by atoms with Crippen molar-refractivity contribution >= 4 is 17.9 Å². The molecule has 0 rings (SSSR count). The molecule has 3 N–H and O–H groups in total. The number of carbonyl (C=O) groups excluding carboxylic acids is 2. The Morgan fingerprint density at radius 1 is 1.29 bits per heavy atom. The molecule has 3 amide bonds. The summed E-state index contributed by atoms with van der Waals surface area (Å²) in [6.07, 6.45) is 0. The van der Waals surface area contributed by atoms with Crippen LogP contribution in [0.3, 0.4) is 0 Å². The first kappa shape index (κ1) is 15.2. The van der Waals surface area contributed by atoms with Gasteiger partial charge in [-0.25, -0.2) is 9.59 Å². The summed E-state index contributed by atoms with van der Waals surface area (Å²) in [5.74, 6) is -1.41. The largest absolute Gasteiger partial charge is 0.480 e. The number of likely N-dealkylation sites (N-methyl/N-ethyl adjacent to an activating group) is 2. The molecule has 98 valence electrons. The smallest absolute Gasteiger partial charge is 0.326 e. The van der Waals surface area contributed by atoms with Crippen LogP contribution in [0.15, 0.2) is 0 Å². The van der Waals surface area contributed by atoms with Crippen molar-refractivity contribution in [2.45, 2.75) is 32.9 Å². The van der Waals surface area contributed by atoms with Crippen molar-refractivity contribution in [2.24, 2.45) is 0 Å². The summed E-state index contributed by atoms with van der Waals surface area (Å²) in [4.78, 5) is 34.6. The number of rotatable bonds is 5. The standard InChI is InChI=1S/C10H19N3O4/c1-5-11-8(14)6(2)12-10(17)13(4)7(3)9(15)16/h6-7H,5H2,1-4H3,(H,11,14)(H,12,17)(H,15,16). The molecule has 0 heterocycles. The third-order valence-corrected chi connectivity index (χ3v) is 2.34. The van der Waals surface area contributed by atoms with Gasteiger partial charge in [-0.05, 0) is 20.8 Å². The summed E-state index contributed by atoms with van der Waals surface area (Å²) < 4.78 is 0. The highest BCUT2D eigenvalue weighted by Gasteiger charge is 2.24. The van der Waals surface area contributed by atoms with E-state index in [2.05, 4.69) is 10.6 Å². The van der Waals surface area contributed by atoms with Gasteiger partial charge in [0.25, 0.3) is 0 Å². The van der Waals surface area contributed by atoms with E-state index in [1.54, 1.807) is 6.92 Å². The summed E-state index contributed by atoms with van der Waals surface area (Å²) in [6.45, 7) is 5.16. The molecule has 2 unspecified atom stereocenters. The summed E-state index contributed by atoms with van der Waals surface area (Å²) in [7, 11) is 1.36. The van der Waals surface area contributed by atoms with Gasteiger partial charge in [0.05, 0.1) is 0 Å². The van der Waals surface area contributed by atoms with Gasteiger partial charge in [0.1, 0.15) is 12.1 Å². The minimum absolute atomic E-state index is 0.308. The first-order valence-corrected chi connectivity index (χ1v) is 5.35. The van der Waals surface area contributed by atoms with Crippen molar-refractivity contribution in [3.63, 3.8) is 0 Å². The van der Waals surface area contributed by atoms with E-state index >= 15 is 0 Å². The molecule has 0 aliphatic rings. The predicted octanol–water partition coefficient (Wildman–Crippen LogP) is -0.374. The van der Waals surface area contributed by atoms with Crippen molar-refractivity contribution in [1.82, 2.24) is 15.5 Å². The van der Waals surface area contributed by atoms with Crippen LogP contribution in [0, 0.1) is 0 Å². The van der Waals surface area contributed by atoms with Gasteiger partial charge in [-0.2, -0.15) is 0 Å². The highest BCUT2D eigenvalue weighted by atomic mass is 16.4.